The predicted octanol–water partition coefficient (Wildman–Crippen LogP) is 3.02. The summed E-state index contributed by atoms with van der Waals surface area (Å²) >= 11 is 0. The molecular weight excluding hydrogens is 642 g/mol. The summed E-state index contributed by atoms with van der Waals surface area (Å²) in [4.78, 5) is 0. The molecule has 3 fully saturated rings. The van der Waals surface area contributed by atoms with E-state index in [1.165, 1.54) is 12.8 Å². The Kier molecular flexibility index (Phi) is 25.9. The van der Waals surface area contributed by atoms with Gasteiger partial charge in [0.1, 0.15) is 18.3 Å². The fraction of sp³-hybridized carbons (Fsp3) is 1.00. The van der Waals surface area contributed by atoms with Gasteiger partial charge in [-0.05, 0) is 95.5 Å². The maximum Gasteiger partial charge on any atom is 0.163 e. The number of ether oxygens (including phenoxy) is 10. The molecule has 49 heavy (non-hydrogen) atoms. The van der Waals surface area contributed by atoms with Crippen molar-refractivity contribution in [1.29, 1.82) is 0 Å². The molecule has 0 aliphatic carbocycles. The average Bonchev–Trinajstić information content (AvgIpc) is 3.68. The van der Waals surface area contributed by atoms with Crippen molar-refractivity contribution in [3.63, 3.8) is 0 Å². The Labute approximate surface area is 296 Å². The monoisotopic (exact) mass is 716 g/mol. The van der Waals surface area contributed by atoms with E-state index >= 15 is 0 Å². The number of likely N-dealkylation sites (N-methyl/N-ethyl adjacent to an activating group) is 1. The van der Waals surface area contributed by atoms with Crippen LogP contribution in [-0.4, -0.2) is 156 Å². The average molecular weight is 716 g/mol. The maximum absolute atomic E-state index is 9.37. The van der Waals surface area contributed by atoms with Crippen molar-refractivity contribution in [2.45, 2.75) is 149 Å². The lowest BCUT2D eigenvalue weighted by Gasteiger charge is -2.20. The molecule has 4 N–H and O–H groups in total. The fourth-order valence-corrected chi connectivity index (χ4v) is 4.54. The van der Waals surface area contributed by atoms with Crippen molar-refractivity contribution in [3.05, 3.63) is 0 Å². The van der Waals surface area contributed by atoms with Gasteiger partial charge in [0, 0.05) is 19.8 Å². The van der Waals surface area contributed by atoms with Gasteiger partial charge >= 0.3 is 0 Å². The molecule has 0 bridgehead atoms. The quantitative estimate of drug-likeness (QED) is 0.121. The molecule has 0 amide bonds. The third kappa shape index (κ3) is 28.7. The zero-order valence-electron chi connectivity index (χ0n) is 32.7. The highest BCUT2D eigenvalue weighted by atomic mass is 16.7. The van der Waals surface area contributed by atoms with E-state index in [4.69, 9.17) is 57.6 Å². The first kappa shape index (κ1) is 48.4. The highest BCUT2D eigenvalue weighted by Gasteiger charge is 2.30. The second kappa shape index (κ2) is 26.2. The minimum Gasteiger partial charge on any atom is -0.394 e. The van der Waals surface area contributed by atoms with Crippen LogP contribution in [0.1, 0.15) is 88.5 Å². The molecule has 0 radical (unpaired) electrons. The molecule has 7 unspecified atom stereocenters. The van der Waals surface area contributed by atoms with Crippen LogP contribution in [-0.2, 0) is 47.4 Å². The first-order valence-corrected chi connectivity index (χ1v) is 17.7. The Hall–Kier alpha value is -0.560. The van der Waals surface area contributed by atoms with Gasteiger partial charge in [-0.1, -0.05) is 0 Å². The standard InChI is InChI=1S/C14H31NO5.C8H16O5.C7H14O.C6H12O2/c1-12(15-4)9-19-13(10-17-5)11-18-7-6-8-20-14(2,3)16;1-6-12-5-8(13-6)4-11-3-7(10)2-9;1-6-4-5-7(2,3)8-6;1-5-4-7-6(2,3)8-5/h12-13,15-16H,6-11H2,1-5H3;6-10H,2-5H2,1H3;6H,4-5H2,1-3H3;5H,4H2,1-3H3. The molecule has 3 rings (SSSR count). The van der Waals surface area contributed by atoms with E-state index < -0.39 is 11.9 Å². The van der Waals surface area contributed by atoms with Gasteiger partial charge in [-0.2, -0.15) is 0 Å². The van der Waals surface area contributed by atoms with Gasteiger partial charge in [0.05, 0.1) is 77.3 Å². The normalized spacial score (nSPS) is 26.0. The van der Waals surface area contributed by atoms with E-state index in [1.807, 2.05) is 34.7 Å². The molecule has 3 aliphatic rings. The molecule has 3 aliphatic heterocycles. The number of nitrogens with one attached hydrogen (secondary N) is 1. The Morgan fingerprint density at radius 3 is 2.04 bits per heavy atom. The third-order valence-corrected chi connectivity index (χ3v) is 7.17. The lowest BCUT2D eigenvalue weighted by molar-refractivity contribution is -0.178. The Balaban J connectivity index is 0.000000675. The Bertz CT molecular complexity index is 759. The number of methoxy groups -OCH3 is 1. The second-order valence-corrected chi connectivity index (χ2v) is 14.2. The highest BCUT2D eigenvalue weighted by molar-refractivity contribution is 4.78. The van der Waals surface area contributed by atoms with Crippen molar-refractivity contribution in [3.8, 4) is 0 Å². The second-order valence-electron chi connectivity index (χ2n) is 14.2. The van der Waals surface area contributed by atoms with Gasteiger partial charge in [0.15, 0.2) is 17.9 Å². The topological polar surface area (TPSA) is 165 Å². The number of rotatable bonds is 18. The minimum absolute atomic E-state index is 0.0547. The largest absolute Gasteiger partial charge is 0.394 e. The molecule has 14 heteroatoms. The number of hydrogen-bond acceptors (Lipinski definition) is 14. The summed E-state index contributed by atoms with van der Waals surface area (Å²) in [7, 11) is 3.55. The van der Waals surface area contributed by atoms with E-state index in [-0.39, 0.29) is 49.2 Å². The molecular formula is C35H73NO13. The van der Waals surface area contributed by atoms with Crippen LogP contribution in [0, 0.1) is 0 Å². The highest BCUT2D eigenvalue weighted by Crippen LogP contribution is 2.28. The van der Waals surface area contributed by atoms with Gasteiger partial charge in [0.25, 0.3) is 0 Å². The van der Waals surface area contributed by atoms with E-state index in [1.54, 1.807) is 21.0 Å². The molecule has 0 aromatic rings. The van der Waals surface area contributed by atoms with Gasteiger partial charge in [-0.3, -0.25) is 0 Å². The third-order valence-electron chi connectivity index (χ3n) is 7.17. The zero-order valence-corrected chi connectivity index (χ0v) is 32.7. The van der Waals surface area contributed by atoms with Gasteiger partial charge in [0.2, 0.25) is 0 Å². The Morgan fingerprint density at radius 1 is 0.939 bits per heavy atom. The van der Waals surface area contributed by atoms with Crippen LogP contribution in [0.4, 0.5) is 0 Å². The SMILES string of the molecule is CC1CCC(C)(C)O1.CC1COC(C)(C)O1.CC1OCC(COCC(O)CO)O1.CNC(C)COC(COC)COCCCOC(C)(C)O. The van der Waals surface area contributed by atoms with Crippen LogP contribution >= 0.6 is 0 Å². The predicted molar refractivity (Wildman–Crippen MR) is 186 cm³/mol. The van der Waals surface area contributed by atoms with E-state index in [2.05, 4.69) is 33.0 Å². The van der Waals surface area contributed by atoms with Gasteiger partial charge in [-0.25, -0.2) is 0 Å². The summed E-state index contributed by atoms with van der Waals surface area (Å²) in [6, 6.07) is 0.301. The molecule has 3 heterocycles. The molecule has 7 atom stereocenters. The smallest absolute Gasteiger partial charge is 0.163 e. The molecule has 14 nitrogen and oxygen atoms in total. The summed E-state index contributed by atoms with van der Waals surface area (Å²) in [5, 5.41) is 29.9. The lowest BCUT2D eigenvalue weighted by atomic mass is 10.1. The summed E-state index contributed by atoms with van der Waals surface area (Å²) < 4.78 is 53.2. The molecule has 3 saturated heterocycles. The maximum atomic E-state index is 9.37. The molecule has 0 spiro atoms. The van der Waals surface area contributed by atoms with Crippen molar-refractivity contribution in [2.75, 3.05) is 80.2 Å². The fourth-order valence-electron chi connectivity index (χ4n) is 4.54. The van der Waals surface area contributed by atoms with Crippen LogP contribution in [0.15, 0.2) is 0 Å². The lowest BCUT2D eigenvalue weighted by Crippen LogP contribution is -2.33. The van der Waals surface area contributed by atoms with Crippen LogP contribution < -0.4 is 5.32 Å². The Morgan fingerprint density at radius 2 is 1.63 bits per heavy atom. The molecule has 0 saturated carbocycles. The molecule has 0 aromatic carbocycles. The molecule has 0 aromatic heterocycles. The van der Waals surface area contributed by atoms with Crippen molar-refractivity contribution >= 4 is 0 Å². The van der Waals surface area contributed by atoms with E-state index in [0.717, 1.165) is 13.0 Å². The van der Waals surface area contributed by atoms with Crippen LogP contribution in [0.5, 0.6) is 0 Å². The van der Waals surface area contributed by atoms with Gasteiger partial charge in [-0.15, -0.1) is 0 Å². The van der Waals surface area contributed by atoms with E-state index in [9.17, 15) is 5.11 Å². The number of hydrogen-bond donors (Lipinski definition) is 4. The zero-order chi connectivity index (χ0) is 37.5. The first-order chi connectivity index (χ1) is 22.8. The van der Waals surface area contributed by atoms with Crippen LogP contribution in [0.2, 0.25) is 0 Å². The number of aliphatic hydroxyl groups is 3. The van der Waals surface area contributed by atoms with Crippen molar-refractivity contribution < 1.29 is 62.7 Å². The summed E-state index contributed by atoms with van der Waals surface area (Å²) in [6.07, 6.45) is 2.84. The summed E-state index contributed by atoms with van der Waals surface area (Å²) in [5.41, 5.74) is 0.166. The molecule has 296 valence electrons. The summed E-state index contributed by atoms with van der Waals surface area (Å²) in [5.74, 6) is -1.41. The number of aliphatic hydroxyl groups excluding tert-OH is 2. The van der Waals surface area contributed by atoms with E-state index in [0.29, 0.717) is 58.4 Å². The minimum atomic E-state index is -1.08. The van der Waals surface area contributed by atoms with Crippen LogP contribution in [0.3, 0.4) is 0 Å². The van der Waals surface area contributed by atoms with Crippen LogP contribution in [0.25, 0.3) is 0 Å². The van der Waals surface area contributed by atoms with Crippen molar-refractivity contribution in [2.24, 2.45) is 0 Å². The first-order valence-electron chi connectivity index (χ1n) is 17.7. The summed E-state index contributed by atoms with van der Waals surface area (Å²) in [6.45, 7) is 23.5. The van der Waals surface area contributed by atoms with Crippen molar-refractivity contribution in [1.82, 2.24) is 5.32 Å². The van der Waals surface area contributed by atoms with Gasteiger partial charge < -0.3 is 68.0 Å².